The number of carboxylic acid groups (broad SMARTS) is 1. The summed E-state index contributed by atoms with van der Waals surface area (Å²) >= 11 is 5.57. The first-order chi connectivity index (χ1) is 8.15. The molecule has 1 aromatic carbocycles. The van der Waals surface area contributed by atoms with Gasteiger partial charge >= 0.3 is 5.97 Å². The van der Waals surface area contributed by atoms with Crippen molar-refractivity contribution in [2.24, 2.45) is 0 Å². The molecule has 86 valence electrons. The van der Waals surface area contributed by atoms with E-state index in [9.17, 15) is 4.79 Å². The molecule has 17 heavy (non-hydrogen) atoms. The highest BCUT2D eigenvalue weighted by molar-refractivity contribution is 6.29. The molecule has 0 saturated carbocycles. The third kappa shape index (κ3) is 2.92. The second-order valence-electron chi connectivity index (χ2n) is 3.13. The second kappa shape index (κ2) is 4.80. The van der Waals surface area contributed by atoms with Crippen molar-refractivity contribution >= 4 is 17.6 Å². The van der Waals surface area contributed by atoms with E-state index in [0.717, 1.165) is 0 Å². The van der Waals surface area contributed by atoms with Gasteiger partial charge in [0.1, 0.15) is 5.75 Å². The largest absolute Gasteiger partial charge is 0.478 e. The summed E-state index contributed by atoms with van der Waals surface area (Å²) in [5.41, 5.74) is 0.143. The number of hydrogen-bond acceptors (Lipinski definition) is 4. The Bertz CT molecular complexity index is 543. The smallest absolute Gasteiger partial charge is 0.335 e. The van der Waals surface area contributed by atoms with Gasteiger partial charge in [0.05, 0.1) is 5.56 Å². The van der Waals surface area contributed by atoms with Crippen LogP contribution in [0.3, 0.4) is 0 Å². The lowest BCUT2D eigenvalue weighted by atomic mass is 10.2. The van der Waals surface area contributed by atoms with Gasteiger partial charge in [-0.2, -0.15) is 0 Å². The van der Waals surface area contributed by atoms with Gasteiger partial charge in [-0.3, -0.25) is 0 Å². The highest BCUT2D eigenvalue weighted by atomic mass is 35.5. The van der Waals surface area contributed by atoms with Crippen LogP contribution in [0.25, 0.3) is 0 Å². The number of carboxylic acids is 1. The van der Waals surface area contributed by atoms with E-state index in [-0.39, 0.29) is 16.6 Å². The highest BCUT2D eigenvalue weighted by Crippen LogP contribution is 2.20. The Balaban J connectivity index is 2.21. The fourth-order valence-electron chi connectivity index (χ4n) is 1.17. The fraction of sp³-hybridized carbons (Fsp3) is 0. The van der Waals surface area contributed by atoms with Crippen LogP contribution in [0.1, 0.15) is 10.4 Å². The maximum absolute atomic E-state index is 10.7. The van der Waals surface area contributed by atoms with Crippen LogP contribution in [0, 0.1) is 0 Å². The average Bonchev–Trinajstić information content (AvgIpc) is 2.32. The van der Waals surface area contributed by atoms with Crippen LogP contribution in [0.5, 0.6) is 11.6 Å². The third-order valence-corrected chi connectivity index (χ3v) is 2.11. The quantitative estimate of drug-likeness (QED) is 0.907. The van der Waals surface area contributed by atoms with Crippen molar-refractivity contribution in [3.05, 3.63) is 47.1 Å². The van der Waals surface area contributed by atoms with Gasteiger partial charge in [-0.25, -0.2) is 4.79 Å². The normalized spacial score (nSPS) is 9.94. The molecule has 2 aromatic rings. The van der Waals surface area contributed by atoms with Gasteiger partial charge in [-0.15, -0.1) is 10.2 Å². The van der Waals surface area contributed by atoms with E-state index in [1.54, 1.807) is 18.2 Å². The zero-order valence-corrected chi connectivity index (χ0v) is 9.26. The first-order valence-electron chi connectivity index (χ1n) is 4.65. The van der Waals surface area contributed by atoms with Gasteiger partial charge in [-0.1, -0.05) is 17.7 Å². The molecule has 0 fully saturated rings. The molecule has 5 nitrogen and oxygen atoms in total. The van der Waals surface area contributed by atoms with E-state index in [0.29, 0.717) is 5.75 Å². The molecule has 0 radical (unpaired) electrons. The van der Waals surface area contributed by atoms with E-state index in [4.69, 9.17) is 21.4 Å². The highest BCUT2D eigenvalue weighted by Gasteiger charge is 2.05. The Morgan fingerprint density at radius 2 is 2.06 bits per heavy atom. The SMILES string of the molecule is O=C(O)c1cccc(Oc2ccc(Cl)nn2)c1. The zero-order valence-electron chi connectivity index (χ0n) is 8.50. The van der Waals surface area contributed by atoms with Gasteiger partial charge in [-0.05, 0) is 24.3 Å². The number of rotatable bonds is 3. The minimum absolute atomic E-state index is 0.143. The molecule has 0 aliphatic heterocycles. The number of benzene rings is 1. The molecule has 0 aliphatic carbocycles. The van der Waals surface area contributed by atoms with Crippen LogP contribution in [-0.2, 0) is 0 Å². The van der Waals surface area contributed by atoms with Crippen molar-refractivity contribution in [3.8, 4) is 11.6 Å². The molecule has 0 saturated heterocycles. The van der Waals surface area contributed by atoms with Gasteiger partial charge in [0.25, 0.3) is 0 Å². The minimum atomic E-state index is -1.02. The molecule has 2 rings (SSSR count). The lowest BCUT2D eigenvalue weighted by Gasteiger charge is -2.04. The lowest BCUT2D eigenvalue weighted by Crippen LogP contribution is -1.96. The van der Waals surface area contributed by atoms with Crippen molar-refractivity contribution in [1.29, 1.82) is 0 Å². The van der Waals surface area contributed by atoms with Crippen molar-refractivity contribution in [1.82, 2.24) is 10.2 Å². The van der Waals surface area contributed by atoms with Crippen molar-refractivity contribution in [3.63, 3.8) is 0 Å². The van der Waals surface area contributed by atoms with Crippen molar-refractivity contribution < 1.29 is 14.6 Å². The van der Waals surface area contributed by atoms with E-state index in [1.165, 1.54) is 18.2 Å². The molecule has 0 unspecified atom stereocenters. The van der Waals surface area contributed by atoms with E-state index in [1.807, 2.05) is 0 Å². The van der Waals surface area contributed by atoms with Crippen molar-refractivity contribution in [2.75, 3.05) is 0 Å². The molecule has 0 bridgehead atoms. The molecular weight excluding hydrogens is 244 g/mol. The molecule has 0 amide bonds. The number of nitrogens with zero attached hydrogens (tertiary/aromatic N) is 2. The average molecular weight is 251 g/mol. The zero-order chi connectivity index (χ0) is 12.3. The van der Waals surface area contributed by atoms with Crippen LogP contribution >= 0.6 is 11.6 Å². The van der Waals surface area contributed by atoms with Crippen LogP contribution < -0.4 is 4.74 Å². The minimum Gasteiger partial charge on any atom is -0.478 e. The molecule has 0 spiro atoms. The van der Waals surface area contributed by atoms with Gasteiger partial charge in [0.2, 0.25) is 5.88 Å². The van der Waals surface area contributed by atoms with E-state index >= 15 is 0 Å². The fourth-order valence-corrected chi connectivity index (χ4v) is 1.27. The number of aromatic nitrogens is 2. The third-order valence-electron chi connectivity index (χ3n) is 1.91. The van der Waals surface area contributed by atoms with Gasteiger partial charge < -0.3 is 9.84 Å². The standard InChI is InChI=1S/C11H7ClN2O3/c12-9-4-5-10(14-13-9)17-8-3-1-2-7(6-8)11(15)16/h1-6H,(H,15,16). The summed E-state index contributed by atoms with van der Waals surface area (Å²) in [6, 6.07) is 9.17. The number of aromatic carboxylic acids is 1. The first kappa shape index (κ1) is 11.3. The summed E-state index contributed by atoms with van der Waals surface area (Å²) < 4.78 is 5.33. The number of ether oxygens (including phenoxy) is 1. The van der Waals surface area contributed by atoms with E-state index in [2.05, 4.69) is 10.2 Å². The van der Waals surface area contributed by atoms with Crippen molar-refractivity contribution in [2.45, 2.75) is 0 Å². The Labute approximate surface area is 102 Å². The molecule has 0 atom stereocenters. The maximum Gasteiger partial charge on any atom is 0.335 e. The summed E-state index contributed by atoms with van der Waals surface area (Å²) in [5, 5.41) is 16.4. The maximum atomic E-state index is 10.7. The molecule has 1 heterocycles. The summed E-state index contributed by atoms with van der Waals surface area (Å²) in [7, 11) is 0. The van der Waals surface area contributed by atoms with Gasteiger partial charge in [0.15, 0.2) is 5.15 Å². The van der Waals surface area contributed by atoms with Crippen LogP contribution in [0.15, 0.2) is 36.4 Å². The van der Waals surface area contributed by atoms with Crippen LogP contribution in [0.2, 0.25) is 5.15 Å². The summed E-state index contributed by atoms with van der Waals surface area (Å²) in [5.74, 6) is -0.392. The Kier molecular flexibility index (Phi) is 3.20. The Hall–Kier alpha value is -2.14. The van der Waals surface area contributed by atoms with Crippen LogP contribution in [0.4, 0.5) is 0 Å². The molecular formula is C11H7ClN2O3. The van der Waals surface area contributed by atoms with Gasteiger partial charge in [0, 0.05) is 6.07 Å². The summed E-state index contributed by atoms with van der Waals surface area (Å²) in [4.78, 5) is 10.7. The first-order valence-corrected chi connectivity index (χ1v) is 5.03. The number of hydrogen-bond donors (Lipinski definition) is 1. The van der Waals surface area contributed by atoms with E-state index < -0.39 is 5.97 Å². The molecule has 6 heteroatoms. The second-order valence-corrected chi connectivity index (χ2v) is 3.52. The Morgan fingerprint density at radius 3 is 2.71 bits per heavy atom. The Morgan fingerprint density at radius 1 is 1.24 bits per heavy atom. The predicted molar refractivity (Wildman–Crippen MR) is 60.5 cm³/mol. The molecule has 1 N–H and O–H groups in total. The summed E-state index contributed by atoms with van der Waals surface area (Å²) in [6.45, 7) is 0. The summed E-state index contributed by atoms with van der Waals surface area (Å²) in [6.07, 6.45) is 0. The lowest BCUT2D eigenvalue weighted by molar-refractivity contribution is 0.0696. The number of halogens is 1. The topological polar surface area (TPSA) is 72.3 Å². The predicted octanol–water partition coefficient (Wildman–Crippen LogP) is 2.62. The molecule has 1 aromatic heterocycles. The molecule has 0 aliphatic rings. The monoisotopic (exact) mass is 250 g/mol. The number of carbonyl (C=O) groups is 1. The van der Waals surface area contributed by atoms with Crippen LogP contribution in [-0.4, -0.2) is 21.3 Å².